The SMILES string of the molecule is CNC(=O)CCNc1nc(NC)nc(N2CCCC2)n1. The third kappa shape index (κ3) is 3.69. The number of rotatable bonds is 6. The first kappa shape index (κ1) is 14.3. The molecule has 2 heterocycles. The Morgan fingerprint density at radius 3 is 2.50 bits per heavy atom. The molecule has 2 rings (SSSR count). The van der Waals surface area contributed by atoms with Crippen LogP contribution in [-0.2, 0) is 4.79 Å². The van der Waals surface area contributed by atoms with E-state index in [0.717, 1.165) is 13.1 Å². The second-order valence-corrected chi connectivity index (χ2v) is 4.58. The molecule has 8 nitrogen and oxygen atoms in total. The second-order valence-electron chi connectivity index (χ2n) is 4.58. The zero-order valence-corrected chi connectivity index (χ0v) is 11.9. The van der Waals surface area contributed by atoms with Crippen molar-refractivity contribution in [3.63, 3.8) is 0 Å². The molecule has 0 bridgehead atoms. The Hall–Kier alpha value is -2.12. The average Bonchev–Trinajstić information content (AvgIpc) is 3.01. The van der Waals surface area contributed by atoms with Crippen LogP contribution in [0.3, 0.4) is 0 Å². The van der Waals surface area contributed by atoms with Crippen LogP contribution in [0.2, 0.25) is 0 Å². The van der Waals surface area contributed by atoms with E-state index >= 15 is 0 Å². The highest BCUT2D eigenvalue weighted by atomic mass is 16.1. The lowest BCUT2D eigenvalue weighted by atomic mass is 10.4. The van der Waals surface area contributed by atoms with Gasteiger partial charge in [0.1, 0.15) is 0 Å². The van der Waals surface area contributed by atoms with E-state index in [2.05, 4.69) is 35.8 Å². The number of nitrogens with one attached hydrogen (secondary N) is 3. The highest BCUT2D eigenvalue weighted by molar-refractivity contribution is 5.75. The summed E-state index contributed by atoms with van der Waals surface area (Å²) in [5.41, 5.74) is 0. The molecular weight excluding hydrogens is 258 g/mol. The van der Waals surface area contributed by atoms with Gasteiger partial charge in [0.2, 0.25) is 23.8 Å². The molecule has 0 spiro atoms. The molecule has 1 aromatic heterocycles. The van der Waals surface area contributed by atoms with Crippen LogP contribution in [-0.4, -0.2) is 54.6 Å². The fourth-order valence-electron chi connectivity index (χ4n) is 2.03. The molecule has 1 fully saturated rings. The summed E-state index contributed by atoms with van der Waals surface area (Å²) in [4.78, 5) is 26.3. The lowest BCUT2D eigenvalue weighted by Gasteiger charge is -2.16. The van der Waals surface area contributed by atoms with Crippen molar-refractivity contribution in [2.45, 2.75) is 19.3 Å². The van der Waals surface area contributed by atoms with Crippen molar-refractivity contribution < 1.29 is 4.79 Å². The number of hydrogen-bond donors (Lipinski definition) is 3. The van der Waals surface area contributed by atoms with E-state index in [0.29, 0.717) is 30.8 Å². The molecule has 8 heteroatoms. The van der Waals surface area contributed by atoms with Crippen molar-refractivity contribution >= 4 is 23.8 Å². The third-order valence-corrected chi connectivity index (χ3v) is 3.15. The Balaban J connectivity index is 2.03. The standard InChI is InChI=1S/C12H21N7O/c1-13-9(20)5-6-15-11-16-10(14-2)17-12(18-11)19-7-3-4-8-19/h3-8H2,1-2H3,(H,13,20)(H2,14,15,16,17,18). The largest absolute Gasteiger partial charge is 0.359 e. The van der Waals surface area contributed by atoms with E-state index in [4.69, 9.17) is 0 Å². The van der Waals surface area contributed by atoms with Gasteiger partial charge in [-0.15, -0.1) is 0 Å². The van der Waals surface area contributed by atoms with Crippen LogP contribution in [0, 0.1) is 0 Å². The van der Waals surface area contributed by atoms with Crippen molar-refractivity contribution in [1.29, 1.82) is 0 Å². The smallest absolute Gasteiger partial charge is 0.231 e. The van der Waals surface area contributed by atoms with Gasteiger partial charge < -0.3 is 20.9 Å². The number of carbonyl (C=O) groups excluding carboxylic acids is 1. The molecule has 1 aliphatic heterocycles. The van der Waals surface area contributed by atoms with Gasteiger partial charge in [0.25, 0.3) is 0 Å². The molecule has 0 aromatic carbocycles. The Kier molecular flexibility index (Phi) is 4.91. The Morgan fingerprint density at radius 2 is 1.85 bits per heavy atom. The number of nitrogens with zero attached hydrogens (tertiary/aromatic N) is 4. The van der Waals surface area contributed by atoms with Crippen LogP contribution in [0.25, 0.3) is 0 Å². The molecule has 1 saturated heterocycles. The van der Waals surface area contributed by atoms with Crippen LogP contribution in [0.5, 0.6) is 0 Å². The first-order valence-corrected chi connectivity index (χ1v) is 6.86. The normalized spacial score (nSPS) is 14.2. The summed E-state index contributed by atoms with van der Waals surface area (Å²) < 4.78 is 0. The number of carbonyl (C=O) groups is 1. The molecule has 0 aliphatic carbocycles. The Morgan fingerprint density at radius 1 is 1.15 bits per heavy atom. The highest BCUT2D eigenvalue weighted by Gasteiger charge is 2.17. The summed E-state index contributed by atoms with van der Waals surface area (Å²) in [7, 11) is 3.40. The molecule has 0 saturated carbocycles. The summed E-state index contributed by atoms with van der Waals surface area (Å²) in [6.45, 7) is 2.45. The van der Waals surface area contributed by atoms with E-state index in [1.54, 1.807) is 14.1 Å². The van der Waals surface area contributed by atoms with Crippen molar-refractivity contribution in [2.75, 3.05) is 49.3 Å². The maximum Gasteiger partial charge on any atom is 0.231 e. The van der Waals surface area contributed by atoms with Gasteiger partial charge in [-0.2, -0.15) is 15.0 Å². The maximum absolute atomic E-state index is 11.2. The van der Waals surface area contributed by atoms with Crippen molar-refractivity contribution in [1.82, 2.24) is 20.3 Å². The third-order valence-electron chi connectivity index (χ3n) is 3.15. The summed E-state index contributed by atoms with van der Waals surface area (Å²) in [5.74, 6) is 1.70. The van der Waals surface area contributed by atoms with E-state index < -0.39 is 0 Å². The molecule has 1 aromatic rings. The van der Waals surface area contributed by atoms with Gasteiger partial charge in [-0.25, -0.2) is 0 Å². The fraction of sp³-hybridized carbons (Fsp3) is 0.667. The van der Waals surface area contributed by atoms with E-state index in [1.807, 2.05) is 0 Å². The van der Waals surface area contributed by atoms with Gasteiger partial charge in [-0.05, 0) is 12.8 Å². The minimum atomic E-state index is -0.0137. The number of hydrogen-bond acceptors (Lipinski definition) is 7. The number of aromatic nitrogens is 3. The monoisotopic (exact) mass is 279 g/mol. The molecule has 0 unspecified atom stereocenters. The molecule has 0 radical (unpaired) electrons. The van der Waals surface area contributed by atoms with Gasteiger partial charge in [0.05, 0.1) is 0 Å². The molecule has 3 N–H and O–H groups in total. The van der Waals surface area contributed by atoms with Crippen LogP contribution in [0.1, 0.15) is 19.3 Å². The van der Waals surface area contributed by atoms with E-state index in [-0.39, 0.29) is 5.91 Å². The van der Waals surface area contributed by atoms with Crippen molar-refractivity contribution in [3.05, 3.63) is 0 Å². The minimum Gasteiger partial charge on any atom is -0.359 e. The van der Waals surface area contributed by atoms with Crippen molar-refractivity contribution in [2.24, 2.45) is 0 Å². The summed E-state index contributed by atoms with van der Waals surface area (Å²) in [6.07, 6.45) is 2.72. The Bertz CT molecular complexity index is 459. The first-order chi connectivity index (χ1) is 9.72. The Labute approximate surface area is 118 Å². The average molecular weight is 279 g/mol. The van der Waals surface area contributed by atoms with Gasteiger partial charge in [-0.3, -0.25) is 4.79 Å². The van der Waals surface area contributed by atoms with Crippen LogP contribution >= 0.6 is 0 Å². The maximum atomic E-state index is 11.2. The molecular formula is C12H21N7O. The van der Waals surface area contributed by atoms with Crippen LogP contribution in [0.4, 0.5) is 17.8 Å². The zero-order valence-electron chi connectivity index (χ0n) is 11.9. The van der Waals surface area contributed by atoms with Crippen LogP contribution < -0.4 is 20.9 Å². The predicted octanol–water partition coefficient (Wildman–Crippen LogP) is 0.0615. The minimum absolute atomic E-state index is 0.0137. The van der Waals surface area contributed by atoms with Crippen LogP contribution in [0.15, 0.2) is 0 Å². The quantitative estimate of drug-likeness (QED) is 0.678. The molecule has 110 valence electrons. The number of anilines is 3. The molecule has 1 aliphatic rings. The van der Waals surface area contributed by atoms with Crippen molar-refractivity contribution in [3.8, 4) is 0 Å². The van der Waals surface area contributed by atoms with Gasteiger partial charge in [-0.1, -0.05) is 0 Å². The molecule has 20 heavy (non-hydrogen) atoms. The second kappa shape index (κ2) is 6.88. The summed E-state index contributed by atoms with van der Waals surface area (Å²) in [5, 5.41) is 8.57. The van der Waals surface area contributed by atoms with Gasteiger partial charge >= 0.3 is 0 Å². The fourth-order valence-corrected chi connectivity index (χ4v) is 2.03. The zero-order chi connectivity index (χ0) is 14.4. The van der Waals surface area contributed by atoms with Gasteiger partial charge in [0.15, 0.2) is 0 Å². The number of amides is 1. The molecule has 1 amide bonds. The first-order valence-electron chi connectivity index (χ1n) is 6.86. The van der Waals surface area contributed by atoms with E-state index in [9.17, 15) is 4.79 Å². The summed E-state index contributed by atoms with van der Waals surface area (Å²) in [6, 6.07) is 0. The predicted molar refractivity (Wildman–Crippen MR) is 78.0 cm³/mol. The lowest BCUT2D eigenvalue weighted by molar-refractivity contribution is -0.120. The molecule has 0 atom stereocenters. The van der Waals surface area contributed by atoms with E-state index in [1.165, 1.54) is 12.8 Å². The van der Waals surface area contributed by atoms with Gasteiger partial charge in [0, 0.05) is 40.2 Å². The topological polar surface area (TPSA) is 95.1 Å². The highest BCUT2D eigenvalue weighted by Crippen LogP contribution is 2.18. The summed E-state index contributed by atoms with van der Waals surface area (Å²) >= 11 is 0. The lowest BCUT2D eigenvalue weighted by Crippen LogP contribution is -2.23.